The molecule has 1 saturated carbocycles. The molecule has 0 atom stereocenters. The molecule has 102 valence electrons. The largest absolute Gasteiger partial charge is 0.463 e. The molecule has 1 N–H and O–H groups in total. The smallest absolute Gasteiger partial charge is 0.118 e. The lowest BCUT2D eigenvalue weighted by molar-refractivity contribution is 0.172. The zero-order chi connectivity index (χ0) is 12.8. The van der Waals surface area contributed by atoms with E-state index in [9.17, 15) is 0 Å². The maximum atomic E-state index is 5.84. The highest BCUT2D eigenvalue weighted by atomic mass is 16.3. The van der Waals surface area contributed by atoms with Crippen LogP contribution in [0.5, 0.6) is 0 Å². The Labute approximate surface area is 111 Å². The highest BCUT2D eigenvalue weighted by Gasteiger charge is 2.18. The fraction of sp³-hybridized carbons (Fsp3) is 0.733. The van der Waals surface area contributed by atoms with Crippen molar-refractivity contribution < 1.29 is 4.42 Å². The molecular formula is C15H26N2O. The van der Waals surface area contributed by atoms with Crippen LogP contribution in [0.4, 0.5) is 0 Å². The van der Waals surface area contributed by atoms with E-state index in [0.717, 1.165) is 37.2 Å². The summed E-state index contributed by atoms with van der Waals surface area (Å²) in [6.45, 7) is 4.87. The highest BCUT2D eigenvalue weighted by molar-refractivity contribution is 5.07. The van der Waals surface area contributed by atoms with Crippen LogP contribution in [0.2, 0.25) is 0 Å². The second-order valence-corrected chi connectivity index (χ2v) is 5.36. The van der Waals surface area contributed by atoms with E-state index in [1.165, 1.54) is 32.1 Å². The number of nitrogens with zero attached hydrogens (tertiary/aromatic N) is 1. The maximum absolute atomic E-state index is 5.84. The monoisotopic (exact) mass is 250 g/mol. The van der Waals surface area contributed by atoms with E-state index in [-0.39, 0.29) is 0 Å². The van der Waals surface area contributed by atoms with Crippen molar-refractivity contribution in [3.05, 3.63) is 23.7 Å². The quantitative estimate of drug-likeness (QED) is 0.840. The Morgan fingerprint density at radius 2 is 1.94 bits per heavy atom. The summed E-state index contributed by atoms with van der Waals surface area (Å²) in [5.74, 6) is 2.14. The maximum Gasteiger partial charge on any atom is 0.118 e. The predicted octanol–water partition coefficient (Wildman–Crippen LogP) is 3.15. The molecular weight excluding hydrogens is 224 g/mol. The molecule has 2 rings (SSSR count). The van der Waals surface area contributed by atoms with Gasteiger partial charge >= 0.3 is 0 Å². The Kier molecular flexibility index (Phi) is 5.26. The van der Waals surface area contributed by atoms with Crippen LogP contribution in [-0.2, 0) is 13.1 Å². The molecule has 0 amide bonds. The van der Waals surface area contributed by atoms with Gasteiger partial charge in [-0.1, -0.05) is 26.2 Å². The minimum atomic E-state index is 0.751. The van der Waals surface area contributed by atoms with Crippen molar-refractivity contribution >= 4 is 0 Å². The third-order valence-electron chi connectivity index (χ3n) is 3.87. The first-order valence-electron chi connectivity index (χ1n) is 7.28. The van der Waals surface area contributed by atoms with Gasteiger partial charge in [-0.2, -0.15) is 0 Å². The fourth-order valence-electron chi connectivity index (χ4n) is 2.75. The second-order valence-electron chi connectivity index (χ2n) is 5.36. The summed E-state index contributed by atoms with van der Waals surface area (Å²) >= 11 is 0. The molecule has 1 fully saturated rings. The van der Waals surface area contributed by atoms with Gasteiger partial charge < -0.3 is 9.73 Å². The first-order chi connectivity index (χ1) is 8.79. The Morgan fingerprint density at radius 3 is 2.67 bits per heavy atom. The minimum Gasteiger partial charge on any atom is -0.463 e. The topological polar surface area (TPSA) is 28.4 Å². The Morgan fingerprint density at radius 1 is 1.22 bits per heavy atom. The van der Waals surface area contributed by atoms with Crippen LogP contribution in [0.15, 0.2) is 16.5 Å². The van der Waals surface area contributed by atoms with Crippen molar-refractivity contribution in [1.82, 2.24) is 10.2 Å². The third kappa shape index (κ3) is 3.85. The van der Waals surface area contributed by atoms with Crippen molar-refractivity contribution in [2.75, 3.05) is 13.6 Å². The summed E-state index contributed by atoms with van der Waals surface area (Å²) in [6, 6.07) is 4.96. The molecule has 3 nitrogen and oxygen atoms in total. The van der Waals surface area contributed by atoms with Crippen LogP contribution in [-0.4, -0.2) is 24.5 Å². The molecule has 0 radical (unpaired) electrons. The van der Waals surface area contributed by atoms with Gasteiger partial charge in [-0.05, 0) is 38.6 Å². The van der Waals surface area contributed by atoms with Crippen LogP contribution in [0.1, 0.15) is 50.5 Å². The van der Waals surface area contributed by atoms with Crippen LogP contribution in [0, 0.1) is 0 Å². The van der Waals surface area contributed by atoms with Crippen LogP contribution >= 0.6 is 0 Å². The van der Waals surface area contributed by atoms with Gasteiger partial charge in [-0.15, -0.1) is 0 Å². The van der Waals surface area contributed by atoms with E-state index in [1.54, 1.807) is 0 Å². The molecule has 0 saturated heterocycles. The van der Waals surface area contributed by atoms with E-state index in [1.807, 2.05) is 0 Å². The minimum absolute atomic E-state index is 0.751. The molecule has 1 heterocycles. The number of hydrogen-bond donors (Lipinski definition) is 1. The molecule has 1 aromatic heterocycles. The first kappa shape index (κ1) is 13.6. The predicted molar refractivity (Wildman–Crippen MR) is 74.4 cm³/mol. The average molecular weight is 250 g/mol. The van der Waals surface area contributed by atoms with Crippen LogP contribution in [0.25, 0.3) is 0 Å². The van der Waals surface area contributed by atoms with Crippen molar-refractivity contribution in [3.8, 4) is 0 Å². The molecule has 18 heavy (non-hydrogen) atoms. The van der Waals surface area contributed by atoms with E-state index in [0.29, 0.717) is 0 Å². The summed E-state index contributed by atoms with van der Waals surface area (Å²) in [6.07, 6.45) is 6.89. The van der Waals surface area contributed by atoms with Gasteiger partial charge in [-0.25, -0.2) is 0 Å². The Hall–Kier alpha value is -0.800. The normalized spacial score (nSPS) is 17.5. The van der Waals surface area contributed by atoms with Crippen LogP contribution in [0.3, 0.4) is 0 Å². The average Bonchev–Trinajstić information content (AvgIpc) is 2.85. The van der Waals surface area contributed by atoms with Gasteiger partial charge in [0.1, 0.15) is 11.5 Å². The highest BCUT2D eigenvalue weighted by Crippen LogP contribution is 2.23. The van der Waals surface area contributed by atoms with E-state index < -0.39 is 0 Å². The van der Waals surface area contributed by atoms with Crippen molar-refractivity contribution in [2.45, 2.75) is 58.2 Å². The third-order valence-corrected chi connectivity index (χ3v) is 3.87. The lowest BCUT2D eigenvalue weighted by Crippen LogP contribution is -2.32. The molecule has 1 aliphatic rings. The number of furan rings is 1. The molecule has 3 heteroatoms. The van der Waals surface area contributed by atoms with Crippen molar-refractivity contribution in [2.24, 2.45) is 0 Å². The standard InChI is InChI=1S/C15H26N2O/c1-3-16-11-14-9-10-15(18-14)12-17(2)13-7-5-4-6-8-13/h9-10,13,16H,3-8,11-12H2,1-2H3. The molecule has 0 spiro atoms. The zero-order valence-corrected chi connectivity index (χ0v) is 11.7. The zero-order valence-electron chi connectivity index (χ0n) is 11.7. The van der Waals surface area contributed by atoms with Crippen molar-refractivity contribution in [3.63, 3.8) is 0 Å². The Balaban J connectivity index is 1.82. The first-order valence-corrected chi connectivity index (χ1v) is 7.28. The molecule has 1 aliphatic carbocycles. The lowest BCUT2D eigenvalue weighted by Gasteiger charge is -2.30. The summed E-state index contributed by atoms with van der Waals surface area (Å²) in [5, 5.41) is 3.29. The SMILES string of the molecule is CCNCc1ccc(CN(C)C2CCCCC2)o1. The van der Waals surface area contributed by atoms with E-state index >= 15 is 0 Å². The van der Waals surface area contributed by atoms with Gasteiger partial charge in [0.2, 0.25) is 0 Å². The molecule has 0 aliphatic heterocycles. The molecule has 0 unspecified atom stereocenters. The summed E-state index contributed by atoms with van der Waals surface area (Å²) in [5.41, 5.74) is 0. The van der Waals surface area contributed by atoms with Gasteiger partial charge in [-0.3, -0.25) is 4.90 Å². The summed E-state index contributed by atoms with van der Waals surface area (Å²) in [7, 11) is 2.22. The van der Waals surface area contributed by atoms with Crippen LogP contribution < -0.4 is 5.32 Å². The van der Waals surface area contributed by atoms with Gasteiger partial charge in [0, 0.05) is 6.04 Å². The summed E-state index contributed by atoms with van der Waals surface area (Å²) < 4.78 is 5.84. The fourth-order valence-corrected chi connectivity index (χ4v) is 2.75. The van der Waals surface area contributed by atoms with Gasteiger partial charge in [0.15, 0.2) is 0 Å². The molecule has 0 bridgehead atoms. The number of hydrogen-bond acceptors (Lipinski definition) is 3. The lowest BCUT2D eigenvalue weighted by atomic mass is 9.94. The van der Waals surface area contributed by atoms with E-state index in [4.69, 9.17) is 4.42 Å². The number of rotatable bonds is 6. The molecule has 0 aromatic carbocycles. The number of nitrogens with one attached hydrogen (secondary N) is 1. The van der Waals surface area contributed by atoms with Gasteiger partial charge in [0.05, 0.1) is 13.1 Å². The summed E-state index contributed by atoms with van der Waals surface area (Å²) in [4.78, 5) is 2.45. The molecule has 1 aromatic rings. The Bertz CT molecular complexity index is 342. The van der Waals surface area contributed by atoms with Gasteiger partial charge in [0.25, 0.3) is 0 Å². The second kappa shape index (κ2) is 6.95. The van der Waals surface area contributed by atoms with E-state index in [2.05, 4.69) is 36.3 Å². The van der Waals surface area contributed by atoms with Crippen molar-refractivity contribution in [1.29, 1.82) is 0 Å².